The predicted molar refractivity (Wildman–Crippen MR) is 295 cm³/mol. The smallest absolute Gasteiger partial charge is 0.220 e. The quantitative estimate of drug-likeness (QED) is 0.0420. The van der Waals surface area contributed by atoms with E-state index in [1.54, 1.807) is 6.08 Å². The molecule has 0 saturated heterocycles. The molecule has 4 heteroatoms. The maximum atomic E-state index is 12.4. The monoisotopic (exact) mass is 924 g/mol. The van der Waals surface area contributed by atoms with Crippen molar-refractivity contribution < 1.29 is 15.0 Å². The van der Waals surface area contributed by atoms with Crippen molar-refractivity contribution >= 4 is 5.91 Å². The van der Waals surface area contributed by atoms with E-state index >= 15 is 0 Å². The van der Waals surface area contributed by atoms with Crippen LogP contribution in [-0.4, -0.2) is 34.9 Å². The van der Waals surface area contributed by atoms with Crippen LogP contribution < -0.4 is 5.32 Å². The number of hydrogen-bond acceptors (Lipinski definition) is 3. The molecule has 0 bridgehead atoms. The summed E-state index contributed by atoms with van der Waals surface area (Å²) in [6.07, 6.45) is 80.3. The number of rotatable bonds is 55. The van der Waals surface area contributed by atoms with Gasteiger partial charge in [-0.25, -0.2) is 0 Å². The fourth-order valence-corrected chi connectivity index (χ4v) is 9.21. The lowest BCUT2D eigenvalue weighted by atomic mass is 10.0. The fraction of sp³-hybridized carbons (Fsp3) is 0.855. The molecular weight excluding hydrogens is 807 g/mol. The first kappa shape index (κ1) is 64.3. The van der Waals surface area contributed by atoms with Crippen LogP contribution in [0.4, 0.5) is 0 Å². The molecule has 0 aliphatic heterocycles. The van der Waals surface area contributed by atoms with Gasteiger partial charge in [-0.1, -0.05) is 294 Å². The zero-order chi connectivity index (χ0) is 47.7. The van der Waals surface area contributed by atoms with Gasteiger partial charge in [0.2, 0.25) is 5.91 Å². The minimum Gasteiger partial charge on any atom is -0.394 e. The van der Waals surface area contributed by atoms with E-state index < -0.39 is 12.1 Å². The van der Waals surface area contributed by atoms with Gasteiger partial charge in [-0.05, 0) is 70.6 Å². The van der Waals surface area contributed by atoms with Gasteiger partial charge < -0.3 is 15.5 Å². The Balaban J connectivity index is 3.37. The standard InChI is InChI=1S/C62H117NO3/c1-3-5-7-9-11-13-15-17-18-19-20-21-22-23-24-25-26-27-28-29-30-31-32-33-34-35-36-37-38-39-40-41-42-43-44-46-48-50-52-54-56-58-62(66)63-60(59-64)61(65)57-55-53-51-49-47-45-16-14-12-10-8-6-4-2/h12,14,19-20,47,49,55,57,60-61,64-65H,3-11,13,15-18,21-46,48,50-54,56,58-59H2,1-2H3,(H,63,66)/b14-12+,20-19-,49-47+,57-55+. The van der Waals surface area contributed by atoms with Crippen LogP contribution in [0.3, 0.4) is 0 Å². The number of hydrogen-bond donors (Lipinski definition) is 3. The molecule has 4 nitrogen and oxygen atoms in total. The molecule has 0 radical (unpaired) electrons. The van der Waals surface area contributed by atoms with E-state index in [-0.39, 0.29) is 12.5 Å². The largest absolute Gasteiger partial charge is 0.394 e. The van der Waals surface area contributed by atoms with Crippen LogP contribution in [0.1, 0.15) is 322 Å². The third-order valence-corrected chi connectivity index (χ3v) is 13.8. The molecular formula is C62H117NO3. The van der Waals surface area contributed by atoms with Crippen molar-refractivity contribution in [1.82, 2.24) is 5.32 Å². The Morgan fingerprint density at radius 2 is 0.591 bits per heavy atom. The van der Waals surface area contributed by atoms with Gasteiger partial charge in [-0.15, -0.1) is 0 Å². The first-order valence-electron chi connectivity index (χ1n) is 29.9. The van der Waals surface area contributed by atoms with Gasteiger partial charge in [-0.2, -0.15) is 0 Å². The van der Waals surface area contributed by atoms with Crippen LogP contribution in [0, 0.1) is 0 Å². The molecule has 388 valence electrons. The van der Waals surface area contributed by atoms with Gasteiger partial charge in [0, 0.05) is 6.42 Å². The van der Waals surface area contributed by atoms with Gasteiger partial charge in [0.25, 0.3) is 0 Å². The van der Waals surface area contributed by atoms with Crippen molar-refractivity contribution in [3.8, 4) is 0 Å². The summed E-state index contributed by atoms with van der Waals surface area (Å²) in [5, 5.41) is 23.0. The van der Waals surface area contributed by atoms with Crippen LogP contribution in [0.25, 0.3) is 0 Å². The first-order chi connectivity index (χ1) is 32.7. The molecule has 2 unspecified atom stereocenters. The number of aliphatic hydroxyl groups excluding tert-OH is 2. The molecule has 0 aliphatic rings. The van der Waals surface area contributed by atoms with E-state index in [0.29, 0.717) is 6.42 Å². The molecule has 3 N–H and O–H groups in total. The van der Waals surface area contributed by atoms with Gasteiger partial charge in [0.15, 0.2) is 0 Å². The van der Waals surface area contributed by atoms with Gasteiger partial charge in [-0.3, -0.25) is 4.79 Å². The lowest BCUT2D eigenvalue weighted by Gasteiger charge is -2.19. The second-order valence-electron chi connectivity index (χ2n) is 20.4. The summed E-state index contributed by atoms with van der Waals surface area (Å²) in [6, 6.07) is -0.643. The summed E-state index contributed by atoms with van der Waals surface area (Å²) in [5.41, 5.74) is 0. The van der Waals surface area contributed by atoms with Crippen molar-refractivity contribution in [2.45, 2.75) is 334 Å². The fourth-order valence-electron chi connectivity index (χ4n) is 9.21. The molecule has 2 atom stereocenters. The Hall–Kier alpha value is -1.65. The molecule has 0 saturated carbocycles. The van der Waals surface area contributed by atoms with E-state index in [1.165, 1.54) is 263 Å². The topological polar surface area (TPSA) is 69.6 Å². The minimum atomic E-state index is -0.868. The van der Waals surface area contributed by atoms with Crippen LogP contribution >= 0.6 is 0 Å². The first-order valence-corrected chi connectivity index (χ1v) is 29.9. The van der Waals surface area contributed by atoms with Crippen LogP contribution in [0.15, 0.2) is 48.6 Å². The summed E-state index contributed by atoms with van der Waals surface area (Å²) in [4.78, 5) is 12.4. The maximum absolute atomic E-state index is 12.4. The zero-order valence-corrected chi connectivity index (χ0v) is 44.7. The van der Waals surface area contributed by atoms with Crippen LogP contribution in [-0.2, 0) is 4.79 Å². The minimum absolute atomic E-state index is 0.0744. The molecule has 0 spiro atoms. The average Bonchev–Trinajstić information content (AvgIpc) is 3.32. The number of allylic oxidation sites excluding steroid dienone is 7. The van der Waals surface area contributed by atoms with E-state index in [0.717, 1.165) is 38.5 Å². The lowest BCUT2D eigenvalue weighted by Crippen LogP contribution is -2.45. The van der Waals surface area contributed by atoms with Crippen molar-refractivity contribution in [2.24, 2.45) is 0 Å². The highest BCUT2D eigenvalue weighted by Crippen LogP contribution is 2.18. The summed E-state index contributed by atoms with van der Waals surface area (Å²) in [6.45, 7) is 4.28. The number of carbonyl (C=O) groups is 1. The highest BCUT2D eigenvalue weighted by atomic mass is 16.3. The van der Waals surface area contributed by atoms with E-state index in [1.807, 2.05) is 6.08 Å². The number of carbonyl (C=O) groups excluding carboxylic acids is 1. The molecule has 0 aliphatic carbocycles. The van der Waals surface area contributed by atoms with Crippen molar-refractivity contribution in [3.63, 3.8) is 0 Å². The Morgan fingerprint density at radius 3 is 0.909 bits per heavy atom. The molecule has 0 aromatic rings. The van der Waals surface area contributed by atoms with Gasteiger partial charge >= 0.3 is 0 Å². The molecule has 0 rings (SSSR count). The third kappa shape index (κ3) is 53.3. The number of nitrogens with one attached hydrogen (secondary N) is 1. The van der Waals surface area contributed by atoms with E-state index in [4.69, 9.17) is 0 Å². The van der Waals surface area contributed by atoms with Crippen LogP contribution in [0.5, 0.6) is 0 Å². The van der Waals surface area contributed by atoms with Crippen LogP contribution in [0.2, 0.25) is 0 Å². The van der Waals surface area contributed by atoms with Crippen molar-refractivity contribution in [2.75, 3.05) is 6.61 Å². The molecule has 0 fully saturated rings. The summed E-state index contributed by atoms with van der Waals surface area (Å²) >= 11 is 0. The van der Waals surface area contributed by atoms with Gasteiger partial charge in [0.05, 0.1) is 18.8 Å². The summed E-state index contributed by atoms with van der Waals surface area (Å²) in [7, 11) is 0. The highest BCUT2D eigenvalue weighted by Gasteiger charge is 2.18. The van der Waals surface area contributed by atoms with Gasteiger partial charge in [0.1, 0.15) is 0 Å². The molecule has 0 aromatic heterocycles. The second kappa shape index (κ2) is 57.7. The zero-order valence-electron chi connectivity index (χ0n) is 44.7. The van der Waals surface area contributed by atoms with E-state index in [2.05, 4.69) is 55.6 Å². The second-order valence-corrected chi connectivity index (χ2v) is 20.4. The SMILES string of the molecule is CCCCC/C=C/CC/C=C/CC/C=C/C(O)C(CO)NC(=O)CCCCCCCCCCCCCCCCCCCCCCCCCCCCCCC/C=C\CCCCCCCCCC. The maximum Gasteiger partial charge on any atom is 0.220 e. The number of amides is 1. The van der Waals surface area contributed by atoms with E-state index in [9.17, 15) is 15.0 Å². The van der Waals surface area contributed by atoms with Crippen molar-refractivity contribution in [3.05, 3.63) is 48.6 Å². The molecule has 0 heterocycles. The molecule has 66 heavy (non-hydrogen) atoms. The Morgan fingerprint density at radius 1 is 0.348 bits per heavy atom. The highest BCUT2D eigenvalue weighted by molar-refractivity contribution is 5.76. The normalized spacial score (nSPS) is 13.1. The molecule has 1 amide bonds. The third-order valence-electron chi connectivity index (χ3n) is 13.8. The Labute approximate surface area is 414 Å². The molecule has 0 aromatic carbocycles. The summed E-state index contributed by atoms with van der Waals surface area (Å²) < 4.78 is 0. The number of unbranched alkanes of at least 4 members (excludes halogenated alkanes) is 42. The van der Waals surface area contributed by atoms with Crippen molar-refractivity contribution in [1.29, 1.82) is 0 Å². The Bertz CT molecular complexity index is 1050. The number of aliphatic hydroxyl groups is 2. The lowest BCUT2D eigenvalue weighted by molar-refractivity contribution is -0.123. The predicted octanol–water partition coefficient (Wildman–Crippen LogP) is 19.8. The summed E-state index contributed by atoms with van der Waals surface area (Å²) in [5.74, 6) is -0.0744. The average molecular weight is 925 g/mol. The Kier molecular flexibility index (Phi) is 56.2.